The highest BCUT2D eigenvalue weighted by molar-refractivity contribution is 6.04. The van der Waals surface area contributed by atoms with Crippen molar-refractivity contribution in [3.63, 3.8) is 0 Å². The quantitative estimate of drug-likeness (QED) is 0.390. The molecule has 166 valence electrons. The van der Waals surface area contributed by atoms with Crippen molar-refractivity contribution in [2.75, 3.05) is 42.3 Å². The number of benzene rings is 3. The first kappa shape index (κ1) is 22.8. The van der Waals surface area contributed by atoms with Crippen molar-refractivity contribution in [3.05, 3.63) is 84.4 Å². The van der Waals surface area contributed by atoms with Gasteiger partial charge in [-0.2, -0.15) is 0 Å². The maximum atomic E-state index is 12.4. The van der Waals surface area contributed by atoms with E-state index in [9.17, 15) is 9.59 Å². The van der Waals surface area contributed by atoms with E-state index in [2.05, 4.69) is 16.0 Å². The van der Waals surface area contributed by atoms with E-state index in [0.717, 1.165) is 0 Å². The summed E-state index contributed by atoms with van der Waals surface area (Å²) in [4.78, 5) is 24.8. The average molecular weight is 434 g/mol. The molecule has 0 aliphatic heterocycles. The Bertz CT molecular complexity index is 1020. The van der Waals surface area contributed by atoms with Crippen LogP contribution in [-0.4, -0.2) is 38.2 Å². The van der Waals surface area contributed by atoms with Crippen LogP contribution in [0.4, 0.5) is 17.1 Å². The number of nitrogens with one attached hydrogen (secondary N) is 3. The second kappa shape index (κ2) is 12.1. The first-order valence-corrected chi connectivity index (χ1v) is 10.5. The third-order valence-electron chi connectivity index (χ3n) is 4.46. The zero-order chi connectivity index (χ0) is 22.6. The summed E-state index contributed by atoms with van der Waals surface area (Å²) in [5.74, 6) is 0.178. The van der Waals surface area contributed by atoms with E-state index >= 15 is 0 Å². The Morgan fingerprint density at radius 2 is 1.56 bits per heavy atom. The summed E-state index contributed by atoms with van der Waals surface area (Å²) in [5, 5.41) is 8.78. The Labute approximate surface area is 187 Å². The first-order valence-electron chi connectivity index (χ1n) is 10.5. The van der Waals surface area contributed by atoms with Crippen LogP contribution < -0.4 is 20.7 Å². The Morgan fingerprint density at radius 1 is 0.812 bits per heavy atom. The SMILES string of the molecule is CCOCCOc1ccccc1NC(=O)CNc1cccc(NC(=O)c2ccccc2)c1. The number of para-hydroxylation sites is 2. The van der Waals surface area contributed by atoms with Crippen LogP contribution in [0, 0.1) is 0 Å². The van der Waals surface area contributed by atoms with Gasteiger partial charge >= 0.3 is 0 Å². The van der Waals surface area contributed by atoms with Gasteiger partial charge in [0.25, 0.3) is 5.91 Å². The topological polar surface area (TPSA) is 88.7 Å². The third-order valence-corrected chi connectivity index (χ3v) is 4.46. The molecule has 0 unspecified atom stereocenters. The fourth-order valence-corrected chi connectivity index (χ4v) is 2.93. The van der Waals surface area contributed by atoms with Crippen LogP contribution in [0.2, 0.25) is 0 Å². The molecule has 0 saturated heterocycles. The highest BCUT2D eigenvalue weighted by Crippen LogP contribution is 2.23. The Morgan fingerprint density at radius 3 is 2.38 bits per heavy atom. The van der Waals surface area contributed by atoms with Crippen LogP contribution in [0.15, 0.2) is 78.9 Å². The maximum Gasteiger partial charge on any atom is 0.255 e. The lowest BCUT2D eigenvalue weighted by Crippen LogP contribution is -2.22. The van der Waals surface area contributed by atoms with Gasteiger partial charge in [-0.3, -0.25) is 9.59 Å². The number of rotatable bonds is 11. The van der Waals surface area contributed by atoms with Crippen molar-refractivity contribution in [3.8, 4) is 5.75 Å². The monoisotopic (exact) mass is 433 g/mol. The number of anilines is 3. The van der Waals surface area contributed by atoms with Gasteiger partial charge in [-0.05, 0) is 49.4 Å². The van der Waals surface area contributed by atoms with E-state index in [1.165, 1.54) is 0 Å². The van der Waals surface area contributed by atoms with Gasteiger partial charge in [0.15, 0.2) is 0 Å². The molecule has 0 aromatic heterocycles. The fourth-order valence-electron chi connectivity index (χ4n) is 2.93. The fraction of sp³-hybridized carbons (Fsp3) is 0.200. The molecule has 2 amide bonds. The van der Waals surface area contributed by atoms with Gasteiger partial charge in [0.2, 0.25) is 5.91 Å². The van der Waals surface area contributed by atoms with Crippen molar-refractivity contribution < 1.29 is 19.1 Å². The van der Waals surface area contributed by atoms with Crippen LogP contribution in [0.1, 0.15) is 17.3 Å². The van der Waals surface area contributed by atoms with Crippen molar-refractivity contribution >= 4 is 28.9 Å². The molecule has 0 fully saturated rings. The summed E-state index contributed by atoms with van der Waals surface area (Å²) in [7, 11) is 0. The smallest absolute Gasteiger partial charge is 0.255 e. The lowest BCUT2D eigenvalue weighted by atomic mass is 10.2. The lowest BCUT2D eigenvalue weighted by molar-refractivity contribution is -0.114. The zero-order valence-electron chi connectivity index (χ0n) is 18.0. The average Bonchev–Trinajstić information content (AvgIpc) is 2.82. The third kappa shape index (κ3) is 7.14. The summed E-state index contributed by atoms with van der Waals surface area (Å²) >= 11 is 0. The molecule has 0 bridgehead atoms. The summed E-state index contributed by atoms with van der Waals surface area (Å²) in [6, 6.07) is 23.5. The molecular weight excluding hydrogens is 406 g/mol. The van der Waals surface area contributed by atoms with E-state index in [0.29, 0.717) is 48.2 Å². The molecule has 7 heteroatoms. The largest absolute Gasteiger partial charge is 0.489 e. The van der Waals surface area contributed by atoms with Crippen molar-refractivity contribution in [1.82, 2.24) is 0 Å². The molecule has 0 radical (unpaired) electrons. The number of hydrogen-bond donors (Lipinski definition) is 3. The Kier molecular flexibility index (Phi) is 8.65. The van der Waals surface area contributed by atoms with Gasteiger partial charge in [-0.1, -0.05) is 36.4 Å². The van der Waals surface area contributed by atoms with E-state index < -0.39 is 0 Å². The van der Waals surface area contributed by atoms with Gasteiger partial charge in [0.1, 0.15) is 12.4 Å². The minimum atomic E-state index is -0.218. The standard InChI is InChI=1S/C25H27N3O4/c1-2-31-15-16-32-23-14-7-6-13-22(23)28-24(29)18-26-20-11-8-12-21(17-20)27-25(30)19-9-4-3-5-10-19/h3-14,17,26H,2,15-16,18H2,1H3,(H,27,30)(H,28,29). The normalized spacial score (nSPS) is 10.3. The molecule has 3 aromatic rings. The molecule has 3 N–H and O–H groups in total. The van der Waals surface area contributed by atoms with E-state index in [1.807, 2.05) is 49.4 Å². The van der Waals surface area contributed by atoms with Gasteiger partial charge in [-0.25, -0.2) is 0 Å². The molecule has 0 heterocycles. The highest BCUT2D eigenvalue weighted by Gasteiger charge is 2.09. The van der Waals surface area contributed by atoms with Crippen molar-refractivity contribution in [2.45, 2.75) is 6.92 Å². The molecular formula is C25H27N3O4. The second-order valence-corrected chi connectivity index (χ2v) is 6.84. The maximum absolute atomic E-state index is 12.4. The molecule has 0 atom stereocenters. The Balaban J connectivity index is 1.52. The molecule has 7 nitrogen and oxygen atoms in total. The summed E-state index contributed by atoms with van der Waals surface area (Å²) in [6.45, 7) is 3.50. The lowest BCUT2D eigenvalue weighted by Gasteiger charge is -2.13. The zero-order valence-corrected chi connectivity index (χ0v) is 18.0. The van der Waals surface area contributed by atoms with Crippen LogP contribution in [-0.2, 0) is 9.53 Å². The molecule has 0 saturated carbocycles. The van der Waals surface area contributed by atoms with Gasteiger partial charge in [0, 0.05) is 23.5 Å². The number of hydrogen-bond acceptors (Lipinski definition) is 5. The predicted molar refractivity (Wildman–Crippen MR) is 126 cm³/mol. The van der Waals surface area contributed by atoms with Crippen molar-refractivity contribution in [1.29, 1.82) is 0 Å². The first-order chi connectivity index (χ1) is 15.7. The molecule has 3 aromatic carbocycles. The molecule has 32 heavy (non-hydrogen) atoms. The second-order valence-electron chi connectivity index (χ2n) is 6.84. The van der Waals surface area contributed by atoms with Gasteiger partial charge < -0.3 is 25.4 Å². The van der Waals surface area contributed by atoms with Crippen LogP contribution in [0.25, 0.3) is 0 Å². The highest BCUT2D eigenvalue weighted by atomic mass is 16.5. The van der Waals surface area contributed by atoms with E-state index in [1.54, 1.807) is 36.4 Å². The van der Waals surface area contributed by atoms with Gasteiger partial charge in [0.05, 0.1) is 18.8 Å². The molecule has 3 rings (SSSR count). The summed E-state index contributed by atoms with van der Waals surface area (Å²) in [6.07, 6.45) is 0. The summed E-state index contributed by atoms with van der Waals surface area (Å²) < 4.78 is 11.0. The molecule has 0 aliphatic carbocycles. The number of ether oxygens (including phenoxy) is 2. The molecule has 0 aliphatic rings. The predicted octanol–water partition coefficient (Wildman–Crippen LogP) is 4.40. The number of carbonyl (C=O) groups is 2. The van der Waals surface area contributed by atoms with E-state index in [-0.39, 0.29) is 18.4 Å². The number of amides is 2. The van der Waals surface area contributed by atoms with Crippen LogP contribution >= 0.6 is 0 Å². The van der Waals surface area contributed by atoms with Crippen LogP contribution in [0.3, 0.4) is 0 Å². The van der Waals surface area contributed by atoms with E-state index in [4.69, 9.17) is 9.47 Å². The van der Waals surface area contributed by atoms with Gasteiger partial charge in [-0.15, -0.1) is 0 Å². The van der Waals surface area contributed by atoms with Crippen molar-refractivity contribution in [2.24, 2.45) is 0 Å². The summed E-state index contributed by atoms with van der Waals surface area (Å²) in [5.41, 5.74) is 2.52. The number of carbonyl (C=O) groups excluding carboxylic acids is 2. The van der Waals surface area contributed by atoms with Crippen LogP contribution in [0.5, 0.6) is 5.75 Å². The minimum Gasteiger partial charge on any atom is -0.489 e. The molecule has 0 spiro atoms. The Hall–Kier alpha value is -3.84. The minimum absolute atomic E-state index is 0.0589.